The Morgan fingerprint density at radius 3 is 2.87 bits per heavy atom. The maximum atomic E-state index is 12.4. The summed E-state index contributed by atoms with van der Waals surface area (Å²) in [6.07, 6.45) is 0.882. The van der Waals surface area contributed by atoms with Crippen LogP contribution in [0.4, 0.5) is 0 Å². The molecule has 1 aliphatic heterocycles. The van der Waals surface area contributed by atoms with Crippen LogP contribution in [0, 0.1) is 0 Å². The second kappa shape index (κ2) is 7.39. The molecule has 6 nitrogen and oxygen atoms in total. The first-order valence-corrected chi connectivity index (χ1v) is 7.94. The lowest BCUT2D eigenvalue weighted by Gasteiger charge is -2.26. The zero-order valence-electron chi connectivity index (χ0n) is 13.0. The van der Waals surface area contributed by atoms with E-state index in [1.54, 1.807) is 6.07 Å². The minimum Gasteiger partial charge on any atom is -0.379 e. The van der Waals surface area contributed by atoms with Gasteiger partial charge in [0, 0.05) is 36.6 Å². The fourth-order valence-electron chi connectivity index (χ4n) is 2.82. The molecule has 2 heterocycles. The van der Waals surface area contributed by atoms with E-state index in [1.165, 1.54) is 6.07 Å². The van der Waals surface area contributed by atoms with Crippen LogP contribution < -0.4 is 10.9 Å². The van der Waals surface area contributed by atoms with Crippen LogP contribution in [0.15, 0.2) is 35.1 Å². The molecule has 1 amide bonds. The van der Waals surface area contributed by atoms with Gasteiger partial charge in [-0.2, -0.15) is 0 Å². The van der Waals surface area contributed by atoms with Crippen molar-refractivity contribution in [2.45, 2.75) is 6.42 Å². The Kier molecular flexibility index (Phi) is 5.05. The highest BCUT2D eigenvalue weighted by molar-refractivity contribution is 6.05. The predicted molar refractivity (Wildman–Crippen MR) is 88.8 cm³/mol. The number of carbonyl (C=O) groups is 1. The van der Waals surface area contributed by atoms with Crippen molar-refractivity contribution in [3.05, 3.63) is 46.2 Å². The van der Waals surface area contributed by atoms with E-state index >= 15 is 0 Å². The summed E-state index contributed by atoms with van der Waals surface area (Å²) < 4.78 is 5.31. The lowest BCUT2D eigenvalue weighted by atomic mass is 10.1. The molecule has 122 valence electrons. The summed E-state index contributed by atoms with van der Waals surface area (Å²) >= 11 is 0. The Hall–Kier alpha value is -2.18. The summed E-state index contributed by atoms with van der Waals surface area (Å²) in [6, 6.07) is 8.69. The van der Waals surface area contributed by atoms with Gasteiger partial charge in [-0.3, -0.25) is 14.5 Å². The third kappa shape index (κ3) is 3.97. The predicted octanol–water partition coefficient (Wildman–Crippen LogP) is 0.980. The van der Waals surface area contributed by atoms with Crippen molar-refractivity contribution in [1.29, 1.82) is 0 Å². The Bertz CT molecular complexity index is 735. The molecule has 2 N–H and O–H groups in total. The number of hydrogen-bond acceptors (Lipinski definition) is 4. The average Bonchev–Trinajstić information content (AvgIpc) is 2.58. The van der Waals surface area contributed by atoms with Gasteiger partial charge in [0.15, 0.2) is 0 Å². The van der Waals surface area contributed by atoms with Gasteiger partial charge in [0.25, 0.3) is 5.91 Å². The number of morpholine rings is 1. The van der Waals surface area contributed by atoms with E-state index < -0.39 is 0 Å². The number of amides is 1. The summed E-state index contributed by atoms with van der Waals surface area (Å²) in [7, 11) is 0. The van der Waals surface area contributed by atoms with E-state index in [-0.39, 0.29) is 11.5 Å². The van der Waals surface area contributed by atoms with Crippen LogP contribution in [-0.4, -0.2) is 55.2 Å². The number of para-hydroxylation sites is 1. The van der Waals surface area contributed by atoms with Gasteiger partial charge in [-0.25, -0.2) is 0 Å². The number of nitrogens with zero attached hydrogens (tertiary/aromatic N) is 1. The highest BCUT2D eigenvalue weighted by atomic mass is 16.5. The van der Waals surface area contributed by atoms with Gasteiger partial charge >= 0.3 is 0 Å². The van der Waals surface area contributed by atoms with Crippen molar-refractivity contribution in [1.82, 2.24) is 15.2 Å². The monoisotopic (exact) mass is 315 g/mol. The molecule has 1 aromatic heterocycles. The van der Waals surface area contributed by atoms with E-state index in [2.05, 4.69) is 15.2 Å². The number of benzene rings is 1. The number of rotatable bonds is 5. The topological polar surface area (TPSA) is 74.4 Å². The summed E-state index contributed by atoms with van der Waals surface area (Å²) in [5, 5.41) is 3.67. The fraction of sp³-hybridized carbons (Fsp3) is 0.412. The zero-order valence-corrected chi connectivity index (χ0v) is 13.0. The molecule has 3 rings (SSSR count). The molecule has 0 saturated carbocycles. The number of carbonyl (C=O) groups excluding carboxylic acids is 1. The van der Waals surface area contributed by atoms with E-state index in [0.717, 1.165) is 44.7 Å². The number of nitrogens with one attached hydrogen (secondary N) is 2. The minimum absolute atomic E-state index is 0.200. The molecule has 1 aromatic carbocycles. The summed E-state index contributed by atoms with van der Waals surface area (Å²) in [4.78, 5) is 29.1. The van der Waals surface area contributed by atoms with E-state index in [4.69, 9.17) is 4.74 Å². The molecule has 1 aliphatic rings. The van der Waals surface area contributed by atoms with Crippen LogP contribution in [0.25, 0.3) is 10.9 Å². The van der Waals surface area contributed by atoms with Crippen molar-refractivity contribution in [2.75, 3.05) is 39.4 Å². The standard InChI is InChI=1S/C17H21N3O3/c21-16-12-14(13-4-1-2-5-15(13)19-16)17(22)18-6-3-7-20-8-10-23-11-9-20/h1-2,4-5,12H,3,6-11H2,(H,18,22)(H,19,21). The summed E-state index contributed by atoms with van der Waals surface area (Å²) in [6.45, 7) is 5.01. The largest absolute Gasteiger partial charge is 0.379 e. The third-order valence-corrected chi connectivity index (χ3v) is 4.04. The molecule has 0 atom stereocenters. The Morgan fingerprint density at radius 1 is 1.26 bits per heavy atom. The van der Waals surface area contributed by atoms with Gasteiger partial charge in [0.2, 0.25) is 5.56 Å². The Labute approximate surface area is 134 Å². The van der Waals surface area contributed by atoms with Gasteiger partial charge in [-0.1, -0.05) is 18.2 Å². The zero-order chi connectivity index (χ0) is 16.1. The molecule has 0 spiro atoms. The van der Waals surface area contributed by atoms with E-state index in [0.29, 0.717) is 17.6 Å². The van der Waals surface area contributed by atoms with E-state index in [1.807, 2.05) is 18.2 Å². The van der Waals surface area contributed by atoms with Crippen LogP contribution in [-0.2, 0) is 4.74 Å². The normalized spacial score (nSPS) is 15.7. The highest BCUT2D eigenvalue weighted by Crippen LogP contribution is 2.14. The van der Waals surface area contributed by atoms with Crippen LogP contribution in [0.3, 0.4) is 0 Å². The molecule has 6 heteroatoms. The lowest BCUT2D eigenvalue weighted by Crippen LogP contribution is -2.38. The fourth-order valence-corrected chi connectivity index (χ4v) is 2.82. The number of aromatic amines is 1. The van der Waals surface area contributed by atoms with Crippen molar-refractivity contribution in [3.63, 3.8) is 0 Å². The molecule has 0 aliphatic carbocycles. The number of hydrogen-bond donors (Lipinski definition) is 2. The Balaban J connectivity index is 1.59. The molecule has 0 radical (unpaired) electrons. The second-order valence-corrected chi connectivity index (χ2v) is 5.66. The maximum Gasteiger partial charge on any atom is 0.252 e. The van der Waals surface area contributed by atoms with E-state index in [9.17, 15) is 9.59 Å². The lowest BCUT2D eigenvalue weighted by molar-refractivity contribution is 0.0374. The molecule has 1 saturated heterocycles. The van der Waals surface area contributed by atoms with Crippen LogP contribution in [0.5, 0.6) is 0 Å². The minimum atomic E-state index is -0.262. The number of ether oxygens (including phenoxy) is 1. The van der Waals surface area contributed by atoms with Crippen molar-refractivity contribution < 1.29 is 9.53 Å². The van der Waals surface area contributed by atoms with Gasteiger partial charge < -0.3 is 15.0 Å². The van der Waals surface area contributed by atoms with Crippen molar-refractivity contribution in [2.24, 2.45) is 0 Å². The summed E-state index contributed by atoms with van der Waals surface area (Å²) in [5.41, 5.74) is 0.844. The number of fused-ring (bicyclic) bond motifs is 1. The van der Waals surface area contributed by atoms with Crippen LogP contribution in [0.2, 0.25) is 0 Å². The first kappa shape index (κ1) is 15.7. The van der Waals surface area contributed by atoms with Crippen molar-refractivity contribution >= 4 is 16.8 Å². The molecule has 1 fully saturated rings. The number of H-pyrrole nitrogens is 1. The smallest absolute Gasteiger partial charge is 0.252 e. The molecule has 0 bridgehead atoms. The van der Waals surface area contributed by atoms with Gasteiger partial charge in [0.1, 0.15) is 0 Å². The first-order chi connectivity index (χ1) is 11.2. The summed E-state index contributed by atoms with van der Waals surface area (Å²) in [5.74, 6) is -0.200. The number of aromatic nitrogens is 1. The highest BCUT2D eigenvalue weighted by Gasteiger charge is 2.12. The molecule has 23 heavy (non-hydrogen) atoms. The van der Waals surface area contributed by atoms with Crippen LogP contribution >= 0.6 is 0 Å². The molecular weight excluding hydrogens is 294 g/mol. The SMILES string of the molecule is O=C(NCCCN1CCOCC1)c1cc(=O)[nH]c2ccccc12. The van der Waals surface area contributed by atoms with Crippen LogP contribution in [0.1, 0.15) is 16.8 Å². The van der Waals surface area contributed by atoms with Crippen molar-refractivity contribution in [3.8, 4) is 0 Å². The van der Waals surface area contributed by atoms with Gasteiger partial charge in [0.05, 0.1) is 18.8 Å². The maximum absolute atomic E-state index is 12.4. The Morgan fingerprint density at radius 2 is 2.04 bits per heavy atom. The average molecular weight is 315 g/mol. The third-order valence-electron chi connectivity index (χ3n) is 4.04. The molecule has 2 aromatic rings. The quantitative estimate of drug-likeness (QED) is 0.807. The molecule has 0 unspecified atom stereocenters. The number of pyridine rings is 1. The molecular formula is C17H21N3O3. The first-order valence-electron chi connectivity index (χ1n) is 7.94. The second-order valence-electron chi connectivity index (χ2n) is 5.66. The van der Waals surface area contributed by atoms with Gasteiger partial charge in [-0.05, 0) is 19.0 Å². The van der Waals surface area contributed by atoms with Gasteiger partial charge in [-0.15, -0.1) is 0 Å².